The summed E-state index contributed by atoms with van der Waals surface area (Å²) in [7, 11) is 1.69. The third-order valence-electron chi connectivity index (χ3n) is 3.78. The second-order valence-corrected chi connectivity index (χ2v) is 5.29. The van der Waals surface area contributed by atoms with E-state index in [4.69, 9.17) is 0 Å². The van der Waals surface area contributed by atoms with Crippen LogP contribution in [0.3, 0.4) is 0 Å². The molecular weight excluding hydrogens is 264 g/mol. The van der Waals surface area contributed by atoms with Gasteiger partial charge in [-0.3, -0.25) is 9.36 Å². The van der Waals surface area contributed by atoms with Gasteiger partial charge in [0.05, 0.1) is 16.6 Å². The Kier molecular flexibility index (Phi) is 3.01. The first-order chi connectivity index (χ1) is 10.0. The van der Waals surface area contributed by atoms with Gasteiger partial charge in [0.2, 0.25) is 0 Å². The Bertz CT molecular complexity index is 965. The van der Waals surface area contributed by atoms with Crippen molar-refractivity contribution in [3.63, 3.8) is 0 Å². The van der Waals surface area contributed by atoms with Gasteiger partial charge in [-0.15, -0.1) is 0 Å². The second-order valence-electron chi connectivity index (χ2n) is 5.29. The summed E-state index contributed by atoms with van der Waals surface area (Å²) in [5.41, 5.74) is 2.60. The first-order valence-electron chi connectivity index (χ1n) is 6.79. The summed E-state index contributed by atoms with van der Waals surface area (Å²) in [6.45, 7) is 3.84. The van der Waals surface area contributed by atoms with E-state index >= 15 is 0 Å². The summed E-state index contributed by atoms with van der Waals surface area (Å²) in [4.78, 5) is 25.3. The number of fused-ring (bicyclic) bond motifs is 1. The molecule has 0 aliphatic carbocycles. The van der Waals surface area contributed by atoms with E-state index in [0.717, 1.165) is 11.1 Å². The van der Waals surface area contributed by atoms with E-state index in [2.05, 4.69) is 0 Å². The molecule has 1 heterocycles. The third kappa shape index (κ3) is 2.00. The van der Waals surface area contributed by atoms with Crippen LogP contribution in [0.5, 0.6) is 0 Å². The molecule has 1 aromatic heterocycles. The molecule has 106 valence electrons. The fourth-order valence-electron chi connectivity index (χ4n) is 2.58. The van der Waals surface area contributed by atoms with Crippen LogP contribution in [0.15, 0.2) is 52.1 Å². The molecule has 4 heteroatoms. The molecule has 0 aliphatic heterocycles. The SMILES string of the molecule is Cc1ccc(C)c(-n2c(=O)c3ccccc3n(C)c2=O)c1. The molecule has 0 saturated heterocycles. The van der Waals surface area contributed by atoms with Crippen LogP contribution in [0, 0.1) is 13.8 Å². The number of rotatable bonds is 1. The van der Waals surface area contributed by atoms with Crippen LogP contribution < -0.4 is 11.2 Å². The molecular formula is C17H16N2O2. The summed E-state index contributed by atoms with van der Waals surface area (Å²) in [6, 6.07) is 12.9. The van der Waals surface area contributed by atoms with Crippen molar-refractivity contribution in [1.82, 2.24) is 9.13 Å². The molecule has 0 bridgehead atoms. The molecule has 0 saturated carbocycles. The molecule has 3 aromatic rings. The minimum atomic E-state index is -0.326. The third-order valence-corrected chi connectivity index (χ3v) is 3.78. The highest BCUT2D eigenvalue weighted by atomic mass is 16.2. The van der Waals surface area contributed by atoms with Gasteiger partial charge in [0.25, 0.3) is 5.56 Å². The minimum Gasteiger partial charge on any atom is -0.296 e. The first-order valence-corrected chi connectivity index (χ1v) is 6.79. The van der Waals surface area contributed by atoms with Gasteiger partial charge in [0, 0.05) is 7.05 Å². The highest BCUT2D eigenvalue weighted by Crippen LogP contribution is 2.14. The number of hydrogen-bond acceptors (Lipinski definition) is 2. The van der Waals surface area contributed by atoms with Crippen molar-refractivity contribution in [2.24, 2.45) is 7.05 Å². The quantitative estimate of drug-likeness (QED) is 0.686. The van der Waals surface area contributed by atoms with Crippen molar-refractivity contribution in [2.45, 2.75) is 13.8 Å². The molecule has 0 atom stereocenters. The van der Waals surface area contributed by atoms with E-state index in [1.807, 2.05) is 44.2 Å². The molecule has 0 fully saturated rings. The molecule has 0 unspecified atom stereocenters. The Labute approximate surface area is 121 Å². The molecule has 2 aromatic carbocycles. The van der Waals surface area contributed by atoms with Gasteiger partial charge in [0.15, 0.2) is 0 Å². The fourth-order valence-corrected chi connectivity index (χ4v) is 2.58. The molecule has 21 heavy (non-hydrogen) atoms. The highest BCUT2D eigenvalue weighted by molar-refractivity contribution is 5.78. The van der Waals surface area contributed by atoms with Gasteiger partial charge in [-0.2, -0.15) is 0 Å². The van der Waals surface area contributed by atoms with Gasteiger partial charge in [-0.25, -0.2) is 9.36 Å². The van der Waals surface area contributed by atoms with Crippen molar-refractivity contribution in [3.8, 4) is 5.69 Å². The van der Waals surface area contributed by atoms with E-state index in [1.165, 1.54) is 9.13 Å². The van der Waals surface area contributed by atoms with E-state index in [0.29, 0.717) is 16.6 Å². The number of benzene rings is 2. The van der Waals surface area contributed by atoms with Gasteiger partial charge in [-0.1, -0.05) is 24.3 Å². The Morgan fingerprint density at radius 3 is 2.43 bits per heavy atom. The average Bonchev–Trinajstić information content (AvgIpc) is 2.49. The first kappa shape index (κ1) is 13.4. The second kappa shape index (κ2) is 4.74. The molecule has 3 rings (SSSR count). The van der Waals surface area contributed by atoms with Gasteiger partial charge < -0.3 is 0 Å². The lowest BCUT2D eigenvalue weighted by Gasteiger charge is -2.13. The molecule has 0 radical (unpaired) electrons. The van der Waals surface area contributed by atoms with E-state index in [-0.39, 0.29) is 11.2 Å². The molecule has 4 nitrogen and oxygen atoms in total. The van der Waals surface area contributed by atoms with Crippen molar-refractivity contribution >= 4 is 10.9 Å². The van der Waals surface area contributed by atoms with Gasteiger partial charge in [-0.05, 0) is 43.2 Å². The summed E-state index contributed by atoms with van der Waals surface area (Å²) in [5.74, 6) is 0. The van der Waals surface area contributed by atoms with Crippen LogP contribution in [0.25, 0.3) is 16.6 Å². The monoisotopic (exact) mass is 280 g/mol. The van der Waals surface area contributed by atoms with Crippen LogP contribution in [-0.4, -0.2) is 9.13 Å². The van der Waals surface area contributed by atoms with Crippen LogP contribution in [-0.2, 0) is 7.05 Å². The van der Waals surface area contributed by atoms with Crippen molar-refractivity contribution in [2.75, 3.05) is 0 Å². The maximum Gasteiger partial charge on any atom is 0.335 e. The number of aryl methyl sites for hydroxylation is 3. The number of para-hydroxylation sites is 1. The van der Waals surface area contributed by atoms with Crippen LogP contribution >= 0.6 is 0 Å². The number of nitrogens with zero attached hydrogens (tertiary/aromatic N) is 2. The summed E-state index contributed by atoms with van der Waals surface area (Å²) < 4.78 is 2.77. The van der Waals surface area contributed by atoms with Gasteiger partial charge >= 0.3 is 5.69 Å². The van der Waals surface area contributed by atoms with Crippen LogP contribution in [0.2, 0.25) is 0 Å². The Balaban J connectivity index is 2.52. The molecule has 0 aliphatic rings. The Hall–Kier alpha value is -2.62. The summed E-state index contributed by atoms with van der Waals surface area (Å²) >= 11 is 0. The van der Waals surface area contributed by atoms with Crippen molar-refractivity contribution < 1.29 is 0 Å². The van der Waals surface area contributed by atoms with Crippen molar-refractivity contribution in [1.29, 1.82) is 0 Å². The van der Waals surface area contributed by atoms with Crippen LogP contribution in [0.4, 0.5) is 0 Å². The predicted octanol–water partition coefficient (Wildman–Crippen LogP) is 2.31. The summed E-state index contributed by atoms with van der Waals surface area (Å²) in [6.07, 6.45) is 0. The van der Waals surface area contributed by atoms with E-state index in [1.54, 1.807) is 19.2 Å². The average molecular weight is 280 g/mol. The maximum atomic E-state index is 12.7. The normalized spacial score (nSPS) is 11.0. The smallest absolute Gasteiger partial charge is 0.296 e. The Morgan fingerprint density at radius 1 is 0.952 bits per heavy atom. The lowest BCUT2D eigenvalue weighted by molar-refractivity contribution is 0.770. The highest BCUT2D eigenvalue weighted by Gasteiger charge is 2.13. The maximum absolute atomic E-state index is 12.7. The molecule has 0 N–H and O–H groups in total. The van der Waals surface area contributed by atoms with E-state index < -0.39 is 0 Å². The zero-order valence-electron chi connectivity index (χ0n) is 12.3. The predicted molar refractivity (Wildman–Crippen MR) is 84.3 cm³/mol. The van der Waals surface area contributed by atoms with Gasteiger partial charge in [0.1, 0.15) is 0 Å². The molecule has 0 amide bonds. The molecule has 0 spiro atoms. The zero-order valence-corrected chi connectivity index (χ0v) is 12.3. The standard InChI is InChI=1S/C17H16N2O2/c1-11-8-9-12(2)15(10-11)19-16(20)13-6-4-5-7-14(13)18(3)17(19)21/h4-10H,1-3H3. The largest absolute Gasteiger partial charge is 0.335 e. The lowest BCUT2D eigenvalue weighted by Crippen LogP contribution is -2.38. The van der Waals surface area contributed by atoms with Crippen LogP contribution in [0.1, 0.15) is 11.1 Å². The van der Waals surface area contributed by atoms with E-state index in [9.17, 15) is 9.59 Å². The number of aromatic nitrogens is 2. The summed E-state index contributed by atoms with van der Waals surface area (Å²) in [5, 5.41) is 0.542. The fraction of sp³-hybridized carbons (Fsp3) is 0.176. The lowest BCUT2D eigenvalue weighted by atomic mass is 10.1. The number of hydrogen-bond donors (Lipinski definition) is 0. The Morgan fingerprint density at radius 2 is 1.67 bits per heavy atom. The van der Waals surface area contributed by atoms with Crippen molar-refractivity contribution in [3.05, 3.63) is 74.4 Å². The minimum absolute atomic E-state index is 0.276. The topological polar surface area (TPSA) is 44.0 Å². The zero-order chi connectivity index (χ0) is 15.1.